The smallest absolute Gasteiger partial charge is 0.241 e. The summed E-state index contributed by atoms with van der Waals surface area (Å²) >= 11 is 0. The fourth-order valence-electron chi connectivity index (χ4n) is 1.71. The summed E-state index contributed by atoms with van der Waals surface area (Å²) in [5.41, 5.74) is 6.97. The van der Waals surface area contributed by atoms with Crippen molar-refractivity contribution >= 4 is 15.9 Å². The Morgan fingerprint density at radius 3 is 2.60 bits per heavy atom. The van der Waals surface area contributed by atoms with Crippen LogP contribution in [0.15, 0.2) is 23.1 Å². The minimum Gasteiger partial charge on any atom is -0.355 e. The molecule has 0 aliphatic carbocycles. The normalized spacial score (nSPS) is 11.3. The van der Waals surface area contributed by atoms with E-state index in [-0.39, 0.29) is 17.3 Å². The van der Waals surface area contributed by atoms with Crippen molar-refractivity contribution in [1.82, 2.24) is 10.0 Å². The van der Waals surface area contributed by atoms with Crippen LogP contribution >= 0.6 is 0 Å². The minimum absolute atomic E-state index is 0.165. The molecule has 0 unspecified atom stereocenters. The highest BCUT2D eigenvalue weighted by molar-refractivity contribution is 7.89. The van der Waals surface area contributed by atoms with Crippen LogP contribution in [0.3, 0.4) is 0 Å². The highest BCUT2D eigenvalue weighted by Gasteiger charge is 2.17. The summed E-state index contributed by atoms with van der Waals surface area (Å²) in [5, 5.41) is 2.61. The van der Waals surface area contributed by atoms with Crippen LogP contribution in [0.5, 0.6) is 0 Å². The van der Waals surface area contributed by atoms with Gasteiger partial charge in [-0.1, -0.05) is 19.1 Å². The number of rotatable bonds is 7. The maximum absolute atomic E-state index is 12.1. The van der Waals surface area contributed by atoms with Gasteiger partial charge in [-0.3, -0.25) is 4.79 Å². The summed E-state index contributed by atoms with van der Waals surface area (Å²) in [6.45, 7) is 4.25. The van der Waals surface area contributed by atoms with Crippen LogP contribution in [-0.4, -0.2) is 27.4 Å². The number of hydrogen-bond donors (Lipinski definition) is 3. The summed E-state index contributed by atoms with van der Waals surface area (Å²) in [4.78, 5) is 11.6. The number of sulfonamides is 1. The van der Waals surface area contributed by atoms with Gasteiger partial charge in [-0.2, -0.15) is 0 Å². The van der Waals surface area contributed by atoms with E-state index in [2.05, 4.69) is 10.0 Å². The molecule has 0 aromatic heterocycles. The zero-order valence-corrected chi connectivity index (χ0v) is 12.6. The van der Waals surface area contributed by atoms with Gasteiger partial charge in [0.25, 0.3) is 0 Å². The van der Waals surface area contributed by atoms with E-state index in [1.807, 2.05) is 6.92 Å². The monoisotopic (exact) mass is 299 g/mol. The molecular formula is C13H21N3O3S. The lowest BCUT2D eigenvalue weighted by atomic mass is 10.1. The Balaban J connectivity index is 2.76. The lowest BCUT2D eigenvalue weighted by Gasteiger charge is -2.10. The van der Waals surface area contributed by atoms with Crippen LogP contribution < -0.4 is 15.8 Å². The standard InChI is InChI=1S/C13H21N3O3S/c1-3-6-15-13(17)9-16-20(18,19)12-5-4-11(8-14)7-10(12)2/h4-5,7,16H,3,6,8-9,14H2,1-2H3,(H,15,17). The van der Waals surface area contributed by atoms with Gasteiger partial charge in [0, 0.05) is 13.1 Å². The second-order valence-electron chi connectivity index (χ2n) is 4.48. The van der Waals surface area contributed by atoms with Gasteiger partial charge < -0.3 is 11.1 Å². The van der Waals surface area contributed by atoms with Gasteiger partial charge in [0.05, 0.1) is 11.4 Å². The van der Waals surface area contributed by atoms with E-state index in [1.165, 1.54) is 6.07 Å². The average Bonchev–Trinajstić information content (AvgIpc) is 2.42. The molecule has 4 N–H and O–H groups in total. The lowest BCUT2D eigenvalue weighted by Crippen LogP contribution is -2.37. The van der Waals surface area contributed by atoms with Crippen LogP contribution in [0.1, 0.15) is 24.5 Å². The Kier molecular flexibility index (Phi) is 6.12. The van der Waals surface area contributed by atoms with E-state index < -0.39 is 10.0 Å². The molecule has 1 amide bonds. The number of hydrogen-bond acceptors (Lipinski definition) is 4. The zero-order valence-electron chi connectivity index (χ0n) is 11.8. The van der Waals surface area contributed by atoms with Crippen molar-refractivity contribution < 1.29 is 13.2 Å². The quantitative estimate of drug-likeness (QED) is 0.672. The Morgan fingerprint density at radius 2 is 2.05 bits per heavy atom. The zero-order chi connectivity index (χ0) is 15.2. The first-order chi connectivity index (χ1) is 9.40. The topological polar surface area (TPSA) is 101 Å². The molecule has 0 atom stereocenters. The van der Waals surface area contributed by atoms with Crippen molar-refractivity contribution in [3.63, 3.8) is 0 Å². The van der Waals surface area contributed by atoms with Gasteiger partial charge in [-0.25, -0.2) is 13.1 Å². The fraction of sp³-hybridized carbons (Fsp3) is 0.462. The van der Waals surface area contributed by atoms with Crippen LogP contribution in [0.25, 0.3) is 0 Å². The van der Waals surface area contributed by atoms with E-state index in [0.29, 0.717) is 18.7 Å². The van der Waals surface area contributed by atoms with Gasteiger partial charge in [0.1, 0.15) is 0 Å². The van der Waals surface area contributed by atoms with Crippen LogP contribution in [0, 0.1) is 6.92 Å². The third kappa shape index (κ3) is 4.59. The predicted molar refractivity (Wildman–Crippen MR) is 77.6 cm³/mol. The first-order valence-electron chi connectivity index (χ1n) is 6.46. The summed E-state index contributed by atoms with van der Waals surface area (Å²) in [6.07, 6.45) is 0.804. The van der Waals surface area contributed by atoms with Crippen molar-refractivity contribution in [3.8, 4) is 0 Å². The van der Waals surface area contributed by atoms with Gasteiger partial charge in [0.2, 0.25) is 15.9 Å². The number of carbonyl (C=O) groups is 1. The third-order valence-corrected chi connectivity index (χ3v) is 4.32. The van der Waals surface area contributed by atoms with Gasteiger partial charge in [-0.05, 0) is 30.5 Å². The highest BCUT2D eigenvalue weighted by atomic mass is 32.2. The fourth-order valence-corrected chi connectivity index (χ4v) is 2.91. The molecule has 1 aromatic carbocycles. The first kappa shape index (κ1) is 16.6. The molecule has 0 aliphatic rings. The molecule has 0 radical (unpaired) electrons. The van der Waals surface area contributed by atoms with Gasteiger partial charge in [0.15, 0.2) is 0 Å². The molecule has 0 fully saturated rings. The number of amides is 1. The van der Waals surface area contributed by atoms with Gasteiger partial charge >= 0.3 is 0 Å². The molecule has 6 nitrogen and oxygen atoms in total. The van der Waals surface area contributed by atoms with Crippen molar-refractivity contribution in [2.24, 2.45) is 5.73 Å². The molecule has 20 heavy (non-hydrogen) atoms. The number of carbonyl (C=O) groups excluding carboxylic acids is 1. The summed E-state index contributed by atoms with van der Waals surface area (Å²) in [6, 6.07) is 4.90. The number of nitrogens with one attached hydrogen (secondary N) is 2. The van der Waals surface area contributed by atoms with E-state index in [0.717, 1.165) is 12.0 Å². The molecule has 0 aliphatic heterocycles. The predicted octanol–water partition coefficient (Wildman–Crippen LogP) is 0.258. The number of aryl methyl sites for hydroxylation is 1. The van der Waals surface area contributed by atoms with Crippen molar-refractivity contribution in [2.45, 2.75) is 31.7 Å². The summed E-state index contributed by atoms with van der Waals surface area (Å²) in [5.74, 6) is -0.341. The summed E-state index contributed by atoms with van der Waals surface area (Å²) < 4.78 is 26.5. The third-order valence-electron chi connectivity index (χ3n) is 2.76. The SMILES string of the molecule is CCCNC(=O)CNS(=O)(=O)c1ccc(CN)cc1C. The Hall–Kier alpha value is -1.44. The average molecular weight is 299 g/mol. The first-order valence-corrected chi connectivity index (χ1v) is 7.95. The van der Waals surface area contributed by atoms with E-state index in [9.17, 15) is 13.2 Å². The molecule has 0 bridgehead atoms. The molecule has 0 heterocycles. The van der Waals surface area contributed by atoms with Gasteiger partial charge in [-0.15, -0.1) is 0 Å². The number of benzene rings is 1. The summed E-state index contributed by atoms with van der Waals surface area (Å²) in [7, 11) is -3.69. The molecule has 1 rings (SSSR count). The van der Waals surface area contributed by atoms with Crippen LogP contribution in [0.4, 0.5) is 0 Å². The second-order valence-corrected chi connectivity index (χ2v) is 6.21. The molecule has 0 saturated carbocycles. The molecule has 0 saturated heterocycles. The number of nitrogens with two attached hydrogens (primary N) is 1. The Labute approximate surface area is 119 Å². The molecule has 7 heteroatoms. The Bertz CT molecular complexity index is 570. The largest absolute Gasteiger partial charge is 0.355 e. The molecule has 0 spiro atoms. The van der Waals surface area contributed by atoms with Crippen molar-refractivity contribution in [2.75, 3.05) is 13.1 Å². The van der Waals surface area contributed by atoms with Crippen LogP contribution in [-0.2, 0) is 21.4 Å². The van der Waals surface area contributed by atoms with Crippen molar-refractivity contribution in [1.29, 1.82) is 0 Å². The second kappa shape index (κ2) is 7.37. The van der Waals surface area contributed by atoms with Crippen molar-refractivity contribution in [3.05, 3.63) is 29.3 Å². The lowest BCUT2D eigenvalue weighted by molar-refractivity contribution is -0.119. The highest BCUT2D eigenvalue weighted by Crippen LogP contribution is 2.16. The molecular weight excluding hydrogens is 278 g/mol. The van der Waals surface area contributed by atoms with E-state index >= 15 is 0 Å². The maximum Gasteiger partial charge on any atom is 0.241 e. The van der Waals surface area contributed by atoms with E-state index in [1.54, 1.807) is 19.1 Å². The maximum atomic E-state index is 12.1. The van der Waals surface area contributed by atoms with E-state index in [4.69, 9.17) is 5.73 Å². The minimum atomic E-state index is -3.69. The molecule has 1 aromatic rings. The molecule has 112 valence electrons. The Morgan fingerprint density at radius 1 is 1.35 bits per heavy atom. The van der Waals surface area contributed by atoms with Crippen LogP contribution in [0.2, 0.25) is 0 Å².